The standard InChI is InChI=1S/C13H26N2O2S2/c1-2-19(16,17)13-10-18-7-6-15(13)9-12-5-3-4-11(12)8-14/h11-13H,2-10,14H2,1H3. The lowest BCUT2D eigenvalue weighted by molar-refractivity contribution is 0.203. The SMILES string of the molecule is CCS(=O)(=O)C1CSCCN1CC1CCCC1CN. The van der Waals surface area contributed by atoms with Gasteiger partial charge in [-0.1, -0.05) is 13.3 Å². The molecule has 4 nitrogen and oxygen atoms in total. The van der Waals surface area contributed by atoms with Crippen LogP contribution in [0, 0.1) is 11.8 Å². The van der Waals surface area contributed by atoms with Gasteiger partial charge in [0.15, 0.2) is 9.84 Å². The van der Waals surface area contributed by atoms with E-state index >= 15 is 0 Å². The van der Waals surface area contributed by atoms with Crippen LogP contribution in [-0.4, -0.2) is 55.6 Å². The predicted molar refractivity (Wildman–Crippen MR) is 82.0 cm³/mol. The summed E-state index contributed by atoms with van der Waals surface area (Å²) in [5.74, 6) is 3.23. The van der Waals surface area contributed by atoms with E-state index in [0.29, 0.717) is 11.8 Å². The van der Waals surface area contributed by atoms with Gasteiger partial charge in [0.1, 0.15) is 5.37 Å². The van der Waals surface area contributed by atoms with Crippen molar-refractivity contribution in [3.8, 4) is 0 Å². The first-order valence-electron chi connectivity index (χ1n) is 7.32. The second-order valence-corrected chi connectivity index (χ2v) is 9.26. The molecule has 19 heavy (non-hydrogen) atoms. The van der Waals surface area contributed by atoms with Crippen molar-refractivity contribution in [3.63, 3.8) is 0 Å². The van der Waals surface area contributed by atoms with Gasteiger partial charge >= 0.3 is 0 Å². The van der Waals surface area contributed by atoms with Crippen LogP contribution in [0.25, 0.3) is 0 Å². The van der Waals surface area contributed by atoms with Gasteiger partial charge in [0.2, 0.25) is 0 Å². The maximum absolute atomic E-state index is 12.2. The summed E-state index contributed by atoms with van der Waals surface area (Å²) >= 11 is 1.77. The predicted octanol–water partition coefficient (Wildman–Crippen LogP) is 1.17. The highest BCUT2D eigenvalue weighted by Gasteiger charge is 2.36. The Hall–Kier alpha value is 0.220. The van der Waals surface area contributed by atoms with Crippen LogP contribution in [0.3, 0.4) is 0 Å². The van der Waals surface area contributed by atoms with Crippen LogP contribution in [0.1, 0.15) is 26.2 Å². The summed E-state index contributed by atoms with van der Waals surface area (Å²) < 4.78 is 24.4. The molecule has 0 aromatic carbocycles. The van der Waals surface area contributed by atoms with Gasteiger partial charge in [-0.05, 0) is 31.2 Å². The van der Waals surface area contributed by atoms with Crippen molar-refractivity contribution in [3.05, 3.63) is 0 Å². The fourth-order valence-corrected chi connectivity index (χ4v) is 6.40. The zero-order valence-corrected chi connectivity index (χ0v) is 13.4. The quantitative estimate of drug-likeness (QED) is 0.826. The van der Waals surface area contributed by atoms with E-state index in [1.54, 1.807) is 18.7 Å². The van der Waals surface area contributed by atoms with E-state index in [4.69, 9.17) is 5.73 Å². The molecule has 1 saturated carbocycles. The number of nitrogens with zero attached hydrogens (tertiary/aromatic N) is 1. The lowest BCUT2D eigenvalue weighted by atomic mass is 9.95. The van der Waals surface area contributed by atoms with Crippen LogP contribution in [0.15, 0.2) is 0 Å². The lowest BCUT2D eigenvalue weighted by Gasteiger charge is -2.37. The fraction of sp³-hybridized carbons (Fsp3) is 1.00. The maximum Gasteiger partial charge on any atom is 0.166 e. The minimum Gasteiger partial charge on any atom is -0.330 e. The third-order valence-electron chi connectivity index (χ3n) is 4.60. The van der Waals surface area contributed by atoms with E-state index in [1.165, 1.54) is 19.3 Å². The first-order chi connectivity index (χ1) is 9.08. The minimum absolute atomic E-state index is 0.250. The van der Waals surface area contributed by atoms with Gasteiger partial charge in [0.05, 0.1) is 0 Å². The molecule has 2 rings (SSSR count). The van der Waals surface area contributed by atoms with Crippen LogP contribution in [-0.2, 0) is 9.84 Å². The Morgan fingerprint density at radius 2 is 2.05 bits per heavy atom. The van der Waals surface area contributed by atoms with Crippen LogP contribution in [0.2, 0.25) is 0 Å². The molecular formula is C13H26N2O2S2. The molecule has 0 aromatic rings. The van der Waals surface area contributed by atoms with Crippen molar-refractivity contribution in [1.82, 2.24) is 4.90 Å². The normalized spacial score (nSPS) is 33.7. The van der Waals surface area contributed by atoms with Crippen LogP contribution in [0.4, 0.5) is 0 Å². The fourth-order valence-electron chi connectivity index (χ4n) is 3.31. The van der Waals surface area contributed by atoms with Gasteiger partial charge in [0.25, 0.3) is 0 Å². The molecule has 2 fully saturated rings. The van der Waals surface area contributed by atoms with Crippen molar-refractivity contribution in [2.45, 2.75) is 31.6 Å². The van der Waals surface area contributed by atoms with Gasteiger partial charge < -0.3 is 5.73 Å². The highest BCUT2D eigenvalue weighted by atomic mass is 32.2. The Kier molecular flexibility index (Phi) is 5.57. The van der Waals surface area contributed by atoms with E-state index in [0.717, 1.165) is 31.1 Å². The Balaban J connectivity index is 2.04. The van der Waals surface area contributed by atoms with E-state index in [1.807, 2.05) is 0 Å². The average molecular weight is 306 g/mol. The van der Waals surface area contributed by atoms with Crippen molar-refractivity contribution in [2.24, 2.45) is 17.6 Å². The molecule has 1 aliphatic carbocycles. The second kappa shape index (κ2) is 6.78. The largest absolute Gasteiger partial charge is 0.330 e. The van der Waals surface area contributed by atoms with Gasteiger partial charge in [-0.3, -0.25) is 4.90 Å². The van der Waals surface area contributed by atoms with Crippen molar-refractivity contribution in [1.29, 1.82) is 0 Å². The highest BCUT2D eigenvalue weighted by molar-refractivity contribution is 8.01. The van der Waals surface area contributed by atoms with Crippen molar-refractivity contribution >= 4 is 21.6 Å². The zero-order chi connectivity index (χ0) is 13.9. The molecule has 1 saturated heterocycles. The second-order valence-electron chi connectivity index (χ2n) is 5.66. The highest BCUT2D eigenvalue weighted by Crippen LogP contribution is 2.33. The van der Waals surface area contributed by atoms with Gasteiger partial charge in [-0.15, -0.1) is 0 Å². The molecule has 1 aliphatic heterocycles. The zero-order valence-electron chi connectivity index (χ0n) is 11.8. The number of hydrogen-bond acceptors (Lipinski definition) is 5. The Bertz CT molecular complexity index is 386. The number of nitrogens with two attached hydrogens (primary N) is 1. The number of hydrogen-bond donors (Lipinski definition) is 1. The maximum atomic E-state index is 12.2. The molecule has 0 aromatic heterocycles. The first-order valence-corrected chi connectivity index (χ1v) is 10.2. The molecule has 112 valence electrons. The summed E-state index contributed by atoms with van der Waals surface area (Å²) in [4.78, 5) is 2.22. The third kappa shape index (κ3) is 3.65. The van der Waals surface area contributed by atoms with Gasteiger partial charge in [0, 0.05) is 30.3 Å². The van der Waals surface area contributed by atoms with E-state index in [-0.39, 0.29) is 11.1 Å². The molecule has 3 unspecified atom stereocenters. The molecule has 3 atom stereocenters. The van der Waals surface area contributed by atoms with Crippen LogP contribution < -0.4 is 5.73 Å². The molecule has 0 bridgehead atoms. The van der Waals surface area contributed by atoms with Crippen molar-refractivity contribution < 1.29 is 8.42 Å². The molecule has 0 radical (unpaired) electrons. The molecule has 2 N–H and O–H groups in total. The monoisotopic (exact) mass is 306 g/mol. The van der Waals surface area contributed by atoms with E-state index < -0.39 is 9.84 Å². The molecular weight excluding hydrogens is 280 g/mol. The molecule has 6 heteroatoms. The Labute approximate surface area is 121 Å². The minimum atomic E-state index is -2.96. The third-order valence-corrected chi connectivity index (χ3v) is 7.93. The number of sulfone groups is 1. The molecule has 0 amide bonds. The van der Waals surface area contributed by atoms with Gasteiger partial charge in [-0.25, -0.2) is 8.42 Å². The van der Waals surface area contributed by atoms with Crippen LogP contribution in [0.5, 0.6) is 0 Å². The average Bonchev–Trinajstić information content (AvgIpc) is 2.86. The molecule has 2 aliphatic rings. The van der Waals surface area contributed by atoms with Crippen molar-refractivity contribution in [2.75, 3.05) is 36.9 Å². The lowest BCUT2D eigenvalue weighted by Crippen LogP contribution is -2.50. The van der Waals surface area contributed by atoms with Gasteiger partial charge in [-0.2, -0.15) is 11.8 Å². The smallest absolute Gasteiger partial charge is 0.166 e. The summed E-state index contributed by atoms with van der Waals surface area (Å²) in [6.45, 7) is 4.33. The van der Waals surface area contributed by atoms with Crippen LogP contribution >= 0.6 is 11.8 Å². The first kappa shape index (κ1) is 15.6. The summed E-state index contributed by atoms with van der Waals surface area (Å²) in [5.41, 5.74) is 5.84. The Morgan fingerprint density at radius 1 is 1.32 bits per heavy atom. The molecule has 0 spiro atoms. The van der Waals surface area contributed by atoms with E-state index in [2.05, 4.69) is 4.90 Å². The summed E-state index contributed by atoms with van der Waals surface area (Å²) in [7, 11) is -2.96. The Morgan fingerprint density at radius 3 is 2.74 bits per heavy atom. The summed E-state index contributed by atoms with van der Waals surface area (Å²) in [5, 5.41) is -0.268. The number of rotatable bonds is 5. The summed E-state index contributed by atoms with van der Waals surface area (Å²) in [6.07, 6.45) is 3.68. The van der Waals surface area contributed by atoms with E-state index in [9.17, 15) is 8.42 Å². The topological polar surface area (TPSA) is 63.4 Å². The molecule has 1 heterocycles. The number of thioether (sulfide) groups is 1. The summed E-state index contributed by atoms with van der Waals surface area (Å²) in [6, 6.07) is 0.